The number of rotatable bonds is 7. The van der Waals surface area contributed by atoms with Gasteiger partial charge in [-0.05, 0) is 42.1 Å². The molecule has 0 bridgehead atoms. The van der Waals surface area contributed by atoms with Crippen molar-refractivity contribution < 1.29 is 4.74 Å². The largest absolute Gasteiger partial charge is 0.377 e. The monoisotopic (exact) mass is 421 g/mol. The molecule has 1 fully saturated rings. The highest BCUT2D eigenvalue weighted by atomic mass is 79.9. The average Bonchev–Trinajstić information content (AvgIpc) is 2.82. The van der Waals surface area contributed by atoms with Crippen LogP contribution in [0.15, 0.2) is 4.47 Å². The number of aromatic nitrogens is 2. The molecule has 0 atom stereocenters. The maximum atomic E-state index is 5.82. The molecule has 0 aliphatic carbocycles. The van der Waals surface area contributed by atoms with E-state index in [1.807, 2.05) is 0 Å². The van der Waals surface area contributed by atoms with Crippen LogP contribution in [0.4, 0.5) is 0 Å². The predicted octanol–water partition coefficient (Wildman–Crippen LogP) is 3.60. The van der Waals surface area contributed by atoms with Crippen molar-refractivity contribution in [1.29, 1.82) is 0 Å². The second-order valence-electron chi connectivity index (χ2n) is 5.41. The lowest BCUT2D eigenvalue weighted by Gasteiger charge is -2.31. The predicted molar refractivity (Wildman–Crippen MR) is 93.0 cm³/mol. The molecule has 0 radical (unpaired) electrons. The van der Waals surface area contributed by atoms with Gasteiger partial charge < -0.3 is 4.74 Å². The van der Waals surface area contributed by atoms with Crippen LogP contribution in [0.3, 0.4) is 0 Å². The van der Waals surface area contributed by atoms with Crippen LogP contribution in [0, 0.1) is 0 Å². The summed E-state index contributed by atoms with van der Waals surface area (Å²) in [5.41, 5.74) is 2.48. The minimum atomic E-state index is 0.435. The van der Waals surface area contributed by atoms with Gasteiger partial charge in [-0.25, -0.2) is 0 Å². The van der Waals surface area contributed by atoms with E-state index in [9.17, 15) is 0 Å². The zero-order chi connectivity index (χ0) is 15.2. The van der Waals surface area contributed by atoms with Crippen molar-refractivity contribution in [3.63, 3.8) is 0 Å². The van der Waals surface area contributed by atoms with E-state index >= 15 is 0 Å². The first kappa shape index (κ1) is 17.4. The third-order valence-electron chi connectivity index (χ3n) is 4.03. The quantitative estimate of drug-likeness (QED) is 0.628. The summed E-state index contributed by atoms with van der Waals surface area (Å²) in [5.74, 6) is 0. The van der Waals surface area contributed by atoms with E-state index in [4.69, 9.17) is 4.74 Å². The minimum absolute atomic E-state index is 0.435. The smallest absolute Gasteiger partial charge is 0.0767 e. The number of piperidine rings is 1. The van der Waals surface area contributed by atoms with Gasteiger partial charge in [-0.1, -0.05) is 22.9 Å². The van der Waals surface area contributed by atoms with E-state index in [-0.39, 0.29) is 0 Å². The van der Waals surface area contributed by atoms with Crippen LogP contribution < -0.4 is 0 Å². The number of hydrogen-bond donors (Lipinski definition) is 0. The highest BCUT2D eigenvalue weighted by Gasteiger charge is 2.22. The number of alkyl halides is 1. The summed E-state index contributed by atoms with van der Waals surface area (Å²) >= 11 is 7.15. The van der Waals surface area contributed by atoms with E-state index in [1.54, 1.807) is 0 Å². The summed E-state index contributed by atoms with van der Waals surface area (Å²) in [6.07, 6.45) is 3.67. The highest BCUT2D eigenvalue weighted by Crippen LogP contribution is 2.25. The van der Waals surface area contributed by atoms with Gasteiger partial charge in [0.05, 0.1) is 28.6 Å². The van der Waals surface area contributed by atoms with Crippen molar-refractivity contribution in [2.45, 2.75) is 52.3 Å². The number of nitrogens with zero attached hydrogens (tertiary/aromatic N) is 3. The molecule has 0 saturated carbocycles. The van der Waals surface area contributed by atoms with Crippen molar-refractivity contribution in [2.75, 3.05) is 25.0 Å². The number of ether oxygens (including phenoxy) is 1. The molecule has 1 saturated heterocycles. The Hall–Kier alpha value is 0.0900. The molecule has 0 unspecified atom stereocenters. The van der Waals surface area contributed by atoms with Crippen molar-refractivity contribution >= 4 is 31.9 Å². The van der Waals surface area contributed by atoms with E-state index in [0.29, 0.717) is 6.10 Å². The van der Waals surface area contributed by atoms with Gasteiger partial charge in [-0.15, -0.1) is 0 Å². The Kier molecular flexibility index (Phi) is 7.19. The molecule has 120 valence electrons. The Labute approximate surface area is 144 Å². The van der Waals surface area contributed by atoms with Gasteiger partial charge >= 0.3 is 0 Å². The second-order valence-corrected chi connectivity index (χ2v) is 7.00. The molecule has 4 nitrogen and oxygen atoms in total. The molecule has 0 amide bonds. The molecule has 6 heteroatoms. The topological polar surface area (TPSA) is 30.3 Å². The molecule has 2 heterocycles. The molecule has 1 aliphatic heterocycles. The summed E-state index contributed by atoms with van der Waals surface area (Å²) in [6, 6.07) is 0. The zero-order valence-electron chi connectivity index (χ0n) is 12.9. The zero-order valence-corrected chi connectivity index (χ0v) is 16.1. The van der Waals surface area contributed by atoms with Gasteiger partial charge in [0, 0.05) is 31.5 Å². The van der Waals surface area contributed by atoms with E-state index < -0.39 is 0 Å². The van der Waals surface area contributed by atoms with Crippen LogP contribution >= 0.6 is 31.9 Å². The lowest BCUT2D eigenvalue weighted by molar-refractivity contribution is 0.0136. The molecule has 0 N–H and O–H groups in total. The number of likely N-dealkylation sites (tertiary alicyclic amines) is 1. The standard InChI is InChI=1S/C15H25Br2N3O/c1-3-13-15(17)14(20(4-2)18-13)11-19-8-5-12(6-9-19)21-10-7-16/h12H,3-11H2,1-2H3. The van der Waals surface area contributed by atoms with E-state index in [1.165, 1.54) is 15.9 Å². The van der Waals surface area contributed by atoms with Gasteiger partial charge in [0.2, 0.25) is 0 Å². The summed E-state index contributed by atoms with van der Waals surface area (Å²) in [6.45, 7) is 9.25. The Morgan fingerprint density at radius 3 is 2.57 bits per heavy atom. The summed E-state index contributed by atoms with van der Waals surface area (Å²) in [4.78, 5) is 2.52. The van der Waals surface area contributed by atoms with Crippen LogP contribution in [-0.4, -0.2) is 45.8 Å². The first-order chi connectivity index (χ1) is 10.2. The Balaban J connectivity index is 1.93. The minimum Gasteiger partial charge on any atom is -0.377 e. The van der Waals surface area contributed by atoms with Crippen molar-refractivity contribution in [2.24, 2.45) is 0 Å². The number of halogens is 2. The van der Waals surface area contributed by atoms with Crippen LogP contribution in [0.1, 0.15) is 38.1 Å². The lowest BCUT2D eigenvalue weighted by Crippen LogP contribution is -2.37. The van der Waals surface area contributed by atoms with Gasteiger partial charge in [0.1, 0.15) is 0 Å². The molecule has 0 aromatic carbocycles. The summed E-state index contributed by atoms with van der Waals surface area (Å²) in [7, 11) is 0. The normalized spacial score (nSPS) is 17.5. The fraction of sp³-hybridized carbons (Fsp3) is 0.800. The van der Waals surface area contributed by atoms with Crippen LogP contribution in [-0.2, 0) is 24.2 Å². The number of aryl methyl sites for hydroxylation is 2. The van der Waals surface area contributed by atoms with Gasteiger partial charge in [-0.3, -0.25) is 9.58 Å². The second kappa shape index (κ2) is 8.65. The Bertz CT molecular complexity index is 442. The molecule has 21 heavy (non-hydrogen) atoms. The van der Waals surface area contributed by atoms with E-state index in [2.05, 4.69) is 60.4 Å². The van der Waals surface area contributed by atoms with Gasteiger partial charge in [-0.2, -0.15) is 5.10 Å². The van der Waals surface area contributed by atoms with Gasteiger partial charge in [0.15, 0.2) is 0 Å². The maximum absolute atomic E-state index is 5.82. The van der Waals surface area contributed by atoms with Crippen molar-refractivity contribution in [3.8, 4) is 0 Å². The summed E-state index contributed by atoms with van der Waals surface area (Å²) < 4.78 is 9.15. The molecular formula is C15H25Br2N3O. The van der Waals surface area contributed by atoms with Crippen molar-refractivity contribution in [1.82, 2.24) is 14.7 Å². The molecule has 1 aromatic heterocycles. The SMILES string of the molecule is CCc1nn(CC)c(CN2CCC(OCCBr)CC2)c1Br. The molecule has 0 spiro atoms. The fourth-order valence-corrected chi connectivity index (χ4v) is 3.70. The van der Waals surface area contributed by atoms with Crippen molar-refractivity contribution in [3.05, 3.63) is 15.9 Å². The average molecular weight is 423 g/mol. The third-order valence-corrected chi connectivity index (χ3v) is 5.27. The van der Waals surface area contributed by atoms with Crippen LogP contribution in [0.25, 0.3) is 0 Å². The Morgan fingerprint density at radius 2 is 2.00 bits per heavy atom. The summed E-state index contributed by atoms with van der Waals surface area (Å²) in [5, 5.41) is 5.61. The maximum Gasteiger partial charge on any atom is 0.0767 e. The van der Waals surface area contributed by atoms with Crippen LogP contribution in [0.5, 0.6) is 0 Å². The van der Waals surface area contributed by atoms with Gasteiger partial charge in [0.25, 0.3) is 0 Å². The lowest BCUT2D eigenvalue weighted by atomic mass is 10.1. The molecule has 1 aromatic rings. The highest BCUT2D eigenvalue weighted by molar-refractivity contribution is 9.10. The third kappa shape index (κ3) is 4.53. The molecule has 2 rings (SSSR count). The first-order valence-corrected chi connectivity index (χ1v) is 9.75. The fourth-order valence-electron chi connectivity index (χ4n) is 2.83. The molecule has 1 aliphatic rings. The number of hydrogen-bond acceptors (Lipinski definition) is 3. The van der Waals surface area contributed by atoms with Crippen LogP contribution in [0.2, 0.25) is 0 Å². The Morgan fingerprint density at radius 1 is 1.29 bits per heavy atom. The first-order valence-electron chi connectivity index (χ1n) is 7.83. The van der Waals surface area contributed by atoms with E-state index in [0.717, 1.165) is 57.4 Å². The molecular weight excluding hydrogens is 398 g/mol.